The molecule has 2 aromatic rings. The zero-order chi connectivity index (χ0) is 13.9. The number of rotatable bonds is 2. The predicted molar refractivity (Wildman–Crippen MR) is 82.9 cm³/mol. The average Bonchev–Trinajstić information content (AvgIpc) is 3.07. The maximum Gasteiger partial charge on any atom is 0.124 e. The minimum absolute atomic E-state index is 0.187. The number of benzene rings is 2. The molecule has 4 atom stereocenters. The van der Waals surface area contributed by atoms with E-state index in [9.17, 15) is 0 Å². The summed E-state index contributed by atoms with van der Waals surface area (Å²) in [5, 5.41) is 0. The molecule has 0 aromatic heterocycles. The molecule has 1 heterocycles. The second-order valence-corrected chi connectivity index (χ2v) is 6.91. The van der Waals surface area contributed by atoms with Crippen LogP contribution in [0.5, 0.6) is 0 Å². The van der Waals surface area contributed by atoms with Gasteiger partial charge >= 0.3 is 0 Å². The Morgan fingerprint density at radius 2 is 1.33 bits per heavy atom. The van der Waals surface area contributed by atoms with Crippen LogP contribution in [0.3, 0.4) is 0 Å². The molecule has 2 aliphatic carbocycles. The first-order valence-electron chi connectivity index (χ1n) is 8.18. The van der Waals surface area contributed by atoms with Crippen molar-refractivity contribution in [2.24, 2.45) is 17.8 Å². The van der Waals surface area contributed by atoms with Crippen molar-refractivity contribution in [1.29, 1.82) is 0 Å². The van der Waals surface area contributed by atoms with Crippen molar-refractivity contribution >= 4 is 0 Å². The van der Waals surface area contributed by atoms with Crippen molar-refractivity contribution in [2.45, 2.75) is 31.0 Å². The number of ether oxygens (including phenoxy) is 1. The molecule has 0 spiro atoms. The van der Waals surface area contributed by atoms with Crippen molar-refractivity contribution in [2.75, 3.05) is 0 Å². The van der Waals surface area contributed by atoms with Crippen molar-refractivity contribution in [3.63, 3.8) is 0 Å². The molecule has 1 heteroatoms. The van der Waals surface area contributed by atoms with Gasteiger partial charge in [0.2, 0.25) is 0 Å². The SMILES string of the molecule is c1ccc(C2(c3ccccc3)O[C@H]3[C@H]4CC[C@H](C4)[C@@H]32)cc1. The normalized spacial score (nSPS) is 35.2. The Labute approximate surface area is 126 Å². The zero-order valence-corrected chi connectivity index (χ0v) is 12.1. The van der Waals surface area contributed by atoms with Gasteiger partial charge in [0.25, 0.3) is 0 Å². The molecular weight excluding hydrogens is 256 g/mol. The first-order chi connectivity index (χ1) is 10.4. The summed E-state index contributed by atoms with van der Waals surface area (Å²) >= 11 is 0. The molecule has 1 saturated heterocycles. The molecule has 3 aliphatic rings. The van der Waals surface area contributed by atoms with Crippen molar-refractivity contribution in [1.82, 2.24) is 0 Å². The van der Waals surface area contributed by atoms with Crippen molar-refractivity contribution in [3.05, 3.63) is 71.8 Å². The summed E-state index contributed by atoms with van der Waals surface area (Å²) in [7, 11) is 0. The largest absolute Gasteiger partial charge is 0.361 e. The van der Waals surface area contributed by atoms with Gasteiger partial charge in [-0.15, -0.1) is 0 Å². The monoisotopic (exact) mass is 276 g/mol. The number of hydrogen-bond donors (Lipinski definition) is 0. The van der Waals surface area contributed by atoms with Crippen LogP contribution in [0, 0.1) is 17.8 Å². The molecule has 0 radical (unpaired) electrons. The van der Waals surface area contributed by atoms with E-state index < -0.39 is 0 Å². The van der Waals surface area contributed by atoms with Gasteiger partial charge in [-0.3, -0.25) is 0 Å². The third-order valence-electron chi connectivity index (χ3n) is 6.04. The van der Waals surface area contributed by atoms with Gasteiger partial charge in [0.1, 0.15) is 5.60 Å². The lowest BCUT2D eigenvalue weighted by Gasteiger charge is -2.57. The van der Waals surface area contributed by atoms with Crippen LogP contribution in [0.2, 0.25) is 0 Å². The molecule has 2 bridgehead atoms. The van der Waals surface area contributed by atoms with Gasteiger partial charge in [-0.1, -0.05) is 60.7 Å². The fourth-order valence-corrected chi connectivity index (χ4v) is 5.25. The van der Waals surface area contributed by atoms with Crippen LogP contribution in [0.25, 0.3) is 0 Å². The first-order valence-corrected chi connectivity index (χ1v) is 8.18. The molecule has 21 heavy (non-hydrogen) atoms. The molecule has 2 saturated carbocycles. The molecule has 5 rings (SSSR count). The summed E-state index contributed by atoms with van der Waals surface area (Å²) in [6.45, 7) is 0. The molecule has 0 unspecified atom stereocenters. The highest BCUT2D eigenvalue weighted by atomic mass is 16.5. The van der Waals surface area contributed by atoms with Gasteiger partial charge in [-0.25, -0.2) is 0 Å². The Kier molecular flexibility index (Phi) is 2.40. The maximum atomic E-state index is 6.66. The quantitative estimate of drug-likeness (QED) is 0.791. The molecule has 1 nitrogen and oxygen atoms in total. The van der Waals surface area contributed by atoms with Crippen LogP contribution in [0.4, 0.5) is 0 Å². The van der Waals surface area contributed by atoms with Crippen LogP contribution < -0.4 is 0 Å². The lowest BCUT2D eigenvalue weighted by molar-refractivity contribution is -0.263. The highest BCUT2D eigenvalue weighted by Gasteiger charge is 2.67. The van der Waals surface area contributed by atoms with Crippen molar-refractivity contribution in [3.8, 4) is 0 Å². The van der Waals surface area contributed by atoms with Crippen LogP contribution in [0.1, 0.15) is 30.4 Å². The minimum atomic E-state index is -0.187. The van der Waals surface area contributed by atoms with Gasteiger partial charge < -0.3 is 4.74 Å². The summed E-state index contributed by atoms with van der Waals surface area (Å²) in [4.78, 5) is 0. The smallest absolute Gasteiger partial charge is 0.124 e. The van der Waals surface area contributed by atoms with E-state index in [1.54, 1.807) is 0 Å². The highest BCUT2D eigenvalue weighted by molar-refractivity contribution is 5.42. The van der Waals surface area contributed by atoms with E-state index in [4.69, 9.17) is 4.74 Å². The summed E-state index contributed by atoms with van der Waals surface area (Å²) in [5.41, 5.74) is 2.49. The van der Waals surface area contributed by atoms with E-state index in [0.29, 0.717) is 12.0 Å². The Morgan fingerprint density at radius 3 is 1.90 bits per heavy atom. The second kappa shape index (κ2) is 4.20. The van der Waals surface area contributed by atoms with E-state index in [1.807, 2.05) is 0 Å². The summed E-state index contributed by atoms with van der Waals surface area (Å²) in [6.07, 6.45) is 4.67. The van der Waals surface area contributed by atoms with Crippen molar-refractivity contribution < 1.29 is 4.74 Å². The average molecular weight is 276 g/mol. The second-order valence-electron chi connectivity index (χ2n) is 6.91. The first kappa shape index (κ1) is 12.0. The summed E-state index contributed by atoms with van der Waals surface area (Å²) < 4.78 is 6.66. The third kappa shape index (κ3) is 1.45. The number of hydrogen-bond acceptors (Lipinski definition) is 1. The zero-order valence-electron chi connectivity index (χ0n) is 12.1. The third-order valence-corrected chi connectivity index (χ3v) is 6.04. The van der Waals surface area contributed by atoms with E-state index >= 15 is 0 Å². The van der Waals surface area contributed by atoms with Gasteiger partial charge in [0, 0.05) is 5.92 Å². The van der Waals surface area contributed by atoms with Gasteiger partial charge in [-0.2, -0.15) is 0 Å². The van der Waals surface area contributed by atoms with E-state index in [1.165, 1.54) is 30.4 Å². The molecular formula is C20H20O. The lowest BCUT2D eigenvalue weighted by atomic mass is 9.63. The Bertz CT molecular complexity index is 607. The fourth-order valence-electron chi connectivity index (χ4n) is 5.25. The number of fused-ring (bicyclic) bond motifs is 5. The maximum absolute atomic E-state index is 6.66. The Balaban J connectivity index is 1.67. The predicted octanol–water partition coefficient (Wildman–Crippen LogP) is 4.38. The standard InChI is InChI=1S/C20H20O/c1-3-7-16(8-4-1)20(17-9-5-2-6-10-17)18-14-11-12-15(13-14)19(18)21-20/h1-10,14-15,18-19H,11-13H2/t14-,15+,18+,19+/m1/s1. The van der Waals surface area contributed by atoms with Crippen LogP contribution >= 0.6 is 0 Å². The van der Waals surface area contributed by atoms with Gasteiger partial charge in [-0.05, 0) is 42.2 Å². The van der Waals surface area contributed by atoms with E-state index in [0.717, 1.165) is 11.8 Å². The van der Waals surface area contributed by atoms with E-state index in [2.05, 4.69) is 60.7 Å². The van der Waals surface area contributed by atoms with Gasteiger partial charge in [0.15, 0.2) is 0 Å². The molecule has 0 amide bonds. The van der Waals surface area contributed by atoms with Crippen LogP contribution in [-0.4, -0.2) is 6.10 Å². The van der Waals surface area contributed by atoms with E-state index in [-0.39, 0.29) is 5.60 Å². The van der Waals surface area contributed by atoms with Gasteiger partial charge in [0.05, 0.1) is 6.10 Å². The lowest BCUT2D eigenvalue weighted by Crippen LogP contribution is -2.60. The molecule has 0 N–H and O–H groups in total. The molecule has 2 aromatic carbocycles. The Morgan fingerprint density at radius 1 is 0.762 bits per heavy atom. The topological polar surface area (TPSA) is 9.23 Å². The minimum Gasteiger partial charge on any atom is -0.361 e. The highest BCUT2D eigenvalue weighted by Crippen LogP contribution is 2.66. The summed E-state index contributed by atoms with van der Waals surface area (Å²) in [6, 6.07) is 21.7. The fraction of sp³-hybridized carbons (Fsp3) is 0.400. The van der Waals surface area contributed by atoms with Crippen LogP contribution in [0.15, 0.2) is 60.7 Å². The molecule has 3 fully saturated rings. The Hall–Kier alpha value is -1.60. The van der Waals surface area contributed by atoms with Crippen LogP contribution in [-0.2, 0) is 10.3 Å². The summed E-state index contributed by atoms with van der Waals surface area (Å²) in [5.74, 6) is 2.36. The molecule has 1 aliphatic heterocycles. The molecule has 106 valence electrons.